The van der Waals surface area contributed by atoms with E-state index in [1.807, 2.05) is 22.7 Å². The standard InChI is InChI=1S/C44H27N3S2/c1-2-13-26(14-3-1)27-15-12-16-28(25-27)40-39-33-21-8-11-24-36(33)49-43(39)46-44(45-40)47-34-22-9-6-19-31(34)37-38-32-20-7-10-23-35(32)48-42(38)30-18-5-4-17-29(30)41(37)47/h1-25,40H,(H,45,46). The molecule has 49 heavy (non-hydrogen) atoms. The van der Waals surface area contributed by atoms with Crippen LogP contribution in [0.1, 0.15) is 17.2 Å². The smallest absolute Gasteiger partial charge is 0.209 e. The predicted octanol–water partition coefficient (Wildman–Crippen LogP) is 12.6. The zero-order valence-electron chi connectivity index (χ0n) is 26.2. The van der Waals surface area contributed by atoms with E-state index < -0.39 is 0 Å². The van der Waals surface area contributed by atoms with Crippen LogP contribution in [0.15, 0.2) is 157 Å². The molecular weight excluding hydrogens is 635 g/mol. The maximum Gasteiger partial charge on any atom is 0.209 e. The molecule has 0 saturated carbocycles. The second kappa shape index (κ2) is 10.4. The summed E-state index contributed by atoms with van der Waals surface area (Å²) in [5.41, 5.74) is 7.18. The molecule has 3 aromatic heterocycles. The number of aliphatic imine (C=N–C) groups is 1. The van der Waals surface area contributed by atoms with Crippen LogP contribution in [0.5, 0.6) is 0 Å². The molecular formula is C44H27N3S2. The highest BCUT2D eigenvalue weighted by Gasteiger charge is 2.31. The van der Waals surface area contributed by atoms with Gasteiger partial charge >= 0.3 is 0 Å². The third-order valence-electron chi connectivity index (χ3n) is 10.1. The Bertz CT molecular complexity index is 2980. The summed E-state index contributed by atoms with van der Waals surface area (Å²) in [6.07, 6.45) is 0. The molecule has 1 unspecified atom stereocenters. The zero-order chi connectivity index (χ0) is 32.1. The van der Waals surface area contributed by atoms with Gasteiger partial charge in [0.05, 0.1) is 11.0 Å². The first-order valence-corrected chi connectivity index (χ1v) is 18.2. The van der Waals surface area contributed by atoms with Crippen LogP contribution in [0, 0.1) is 0 Å². The molecule has 0 saturated heterocycles. The number of thiophene rings is 2. The Hall–Kier alpha value is -5.75. The fraction of sp³-hybridized carbons (Fsp3) is 0.0227. The molecule has 3 nitrogen and oxygen atoms in total. The summed E-state index contributed by atoms with van der Waals surface area (Å²) >= 11 is 3.71. The number of nitrogens with one attached hydrogen (secondary N) is 1. The number of anilines is 1. The van der Waals surface area contributed by atoms with Crippen molar-refractivity contribution in [3.63, 3.8) is 0 Å². The molecule has 10 aromatic rings. The molecule has 1 aliphatic rings. The lowest BCUT2D eigenvalue weighted by Gasteiger charge is -2.25. The largest absolute Gasteiger partial charge is 0.317 e. The Morgan fingerprint density at radius 2 is 1.18 bits per heavy atom. The van der Waals surface area contributed by atoms with Crippen LogP contribution < -0.4 is 5.32 Å². The minimum absolute atomic E-state index is 0.181. The van der Waals surface area contributed by atoms with E-state index in [1.54, 1.807) is 0 Å². The highest BCUT2D eigenvalue weighted by atomic mass is 32.1. The number of fused-ring (bicyclic) bond motifs is 13. The maximum atomic E-state index is 5.71. The van der Waals surface area contributed by atoms with Crippen molar-refractivity contribution in [3.8, 4) is 11.1 Å². The van der Waals surface area contributed by atoms with Crippen LogP contribution in [0.4, 0.5) is 5.00 Å². The second-order valence-electron chi connectivity index (χ2n) is 12.7. The van der Waals surface area contributed by atoms with E-state index in [0.717, 1.165) is 16.5 Å². The lowest BCUT2D eigenvalue weighted by molar-refractivity contribution is 0.865. The van der Waals surface area contributed by atoms with Crippen molar-refractivity contribution < 1.29 is 0 Å². The van der Waals surface area contributed by atoms with Gasteiger partial charge in [-0.25, -0.2) is 4.99 Å². The van der Waals surface area contributed by atoms with Gasteiger partial charge in [0.25, 0.3) is 0 Å². The first kappa shape index (κ1) is 27.2. The lowest BCUT2D eigenvalue weighted by Crippen LogP contribution is -2.26. The van der Waals surface area contributed by atoms with E-state index in [4.69, 9.17) is 4.99 Å². The van der Waals surface area contributed by atoms with E-state index in [2.05, 4.69) is 162 Å². The highest BCUT2D eigenvalue weighted by Crippen LogP contribution is 2.49. The van der Waals surface area contributed by atoms with Crippen molar-refractivity contribution in [2.75, 3.05) is 5.32 Å². The third kappa shape index (κ3) is 3.91. The fourth-order valence-electron chi connectivity index (χ4n) is 7.96. The van der Waals surface area contributed by atoms with Gasteiger partial charge in [-0.1, -0.05) is 127 Å². The van der Waals surface area contributed by atoms with Crippen molar-refractivity contribution in [2.45, 2.75) is 6.04 Å². The van der Waals surface area contributed by atoms with Crippen LogP contribution in [0.25, 0.3) is 74.0 Å². The summed E-state index contributed by atoms with van der Waals surface area (Å²) in [4.78, 5) is 5.71. The quantitative estimate of drug-likeness (QED) is 0.196. The molecule has 1 N–H and O–H groups in total. The molecule has 5 heteroatoms. The number of hydrogen-bond acceptors (Lipinski definition) is 4. The molecule has 230 valence electrons. The van der Waals surface area contributed by atoms with Crippen LogP contribution in [0.3, 0.4) is 0 Å². The number of aromatic nitrogens is 1. The van der Waals surface area contributed by atoms with Gasteiger partial charge in [0.1, 0.15) is 11.0 Å². The molecule has 0 fully saturated rings. The van der Waals surface area contributed by atoms with E-state index in [0.29, 0.717) is 0 Å². The van der Waals surface area contributed by atoms with Gasteiger partial charge in [0, 0.05) is 57.4 Å². The van der Waals surface area contributed by atoms with Crippen LogP contribution >= 0.6 is 22.7 Å². The van der Waals surface area contributed by atoms with Crippen molar-refractivity contribution in [2.24, 2.45) is 4.99 Å². The average molecular weight is 662 g/mol. The van der Waals surface area contributed by atoms with Gasteiger partial charge in [-0.15, -0.1) is 22.7 Å². The molecule has 0 spiro atoms. The van der Waals surface area contributed by atoms with Gasteiger partial charge in [0.15, 0.2) is 0 Å². The van der Waals surface area contributed by atoms with Crippen LogP contribution in [0.2, 0.25) is 0 Å². The van der Waals surface area contributed by atoms with Crippen LogP contribution in [-0.2, 0) is 0 Å². The van der Waals surface area contributed by atoms with Gasteiger partial charge in [-0.3, -0.25) is 4.57 Å². The van der Waals surface area contributed by atoms with E-state index in [1.165, 1.54) is 79.6 Å². The molecule has 11 rings (SSSR count). The second-order valence-corrected chi connectivity index (χ2v) is 14.8. The number of hydrogen-bond donors (Lipinski definition) is 1. The zero-order valence-corrected chi connectivity index (χ0v) is 27.9. The summed E-state index contributed by atoms with van der Waals surface area (Å²) in [6.45, 7) is 0. The Morgan fingerprint density at radius 3 is 2.02 bits per heavy atom. The first-order valence-electron chi connectivity index (χ1n) is 16.6. The molecule has 4 heterocycles. The van der Waals surface area contributed by atoms with Gasteiger partial charge in [0.2, 0.25) is 5.96 Å². The molecule has 0 aliphatic carbocycles. The van der Waals surface area contributed by atoms with E-state index >= 15 is 0 Å². The van der Waals surface area contributed by atoms with Crippen molar-refractivity contribution >= 4 is 96.5 Å². The predicted molar refractivity (Wildman–Crippen MR) is 212 cm³/mol. The topological polar surface area (TPSA) is 29.3 Å². The molecule has 1 atom stereocenters. The minimum atomic E-state index is -0.181. The number of nitrogens with zero attached hydrogens (tertiary/aromatic N) is 2. The van der Waals surface area contributed by atoms with Crippen molar-refractivity contribution in [3.05, 3.63) is 163 Å². The normalized spacial score (nSPS) is 14.6. The maximum absolute atomic E-state index is 5.71. The van der Waals surface area contributed by atoms with Crippen molar-refractivity contribution in [1.82, 2.24) is 4.57 Å². The van der Waals surface area contributed by atoms with E-state index in [-0.39, 0.29) is 6.04 Å². The van der Waals surface area contributed by atoms with Gasteiger partial charge in [-0.05, 0) is 41.0 Å². The molecule has 7 aromatic carbocycles. The average Bonchev–Trinajstić information content (AvgIpc) is 3.85. The van der Waals surface area contributed by atoms with E-state index in [9.17, 15) is 0 Å². The number of para-hydroxylation sites is 1. The lowest BCUT2D eigenvalue weighted by atomic mass is 9.94. The Balaban J connectivity index is 1.25. The molecule has 0 radical (unpaired) electrons. The monoisotopic (exact) mass is 661 g/mol. The summed E-state index contributed by atoms with van der Waals surface area (Å²) in [5, 5.41) is 14.0. The SMILES string of the molecule is c1ccc(-c2cccc(C3N=C(n4c5ccccc5c5c6c7ccccc7sc6c6ccccc6c54)Nc4sc5ccccc5c43)c2)cc1. The summed E-state index contributed by atoms with van der Waals surface area (Å²) in [5.74, 6) is 0.851. The van der Waals surface area contributed by atoms with Crippen LogP contribution in [-0.4, -0.2) is 10.5 Å². The minimum Gasteiger partial charge on any atom is -0.317 e. The summed E-state index contributed by atoms with van der Waals surface area (Å²) < 4.78 is 6.32. The summed E-state index contributed by atoms with van der Waals surface area (Å²) in [6, 6.07) is 54.7. The Kier molecular flexibility index (Phi) is 5.76. The number of benzene rings is 7. The number of rotatable bonds is 2. The molecule has 1 aliphatic heterocycles. The molecule has 0 amide bonds. The van der Waals surface area contributed by atoms with Crippen molar-refractivity contribution in [1.29, 1.82) is 0 Å². The van der Waals surface area contributed by atoms with Gasteiger partial charge < -0.3 is 5.32 Å². The highest BCUT2D eigenvalue weighted by molar-refractivity contribution is 7.27. The van der Waals surface area contributed by atoms with Gasteiger partial charge in [-0.2, -0.15) is 0 Å². The molecule has 0 bridgehead atoms. The first-order chi connectivity index (χ1) is 24.3. The Morgan fingerprint density at radius 1 is 0.531 bits per heavy atom. The fourth-order valence-corrected chi connectivity index (χ4v) is 10.3. The summed E-state index contributed by atoms with van der Waals surface area (Å²) in [7, 11) is 0. The third-order valence-corrected chi connectivity index (χ3v) is 12.4. The Labute approximate surface area is 290 Å².